The molecule has 0 aromatic carbocycles. The molecule has 2 aliphatic rings. The van der Waals surface area contributed by atoms with Crippen molar-refractivity contribution in [3.8, 4) is 0 Å². The maximum absolute atomic E-state index is 9.24. The molecule has 2 rings (SSSR count). The predicted octanol–water partition coefficient (Wildman–Crippen LogP) is 2.13. The molecule has 4 heteroatoms. The highest BCUT2D eigenvalue weighted by atomic mass is 32.2. The van der Waals surface area contributed by atoms with E-state index in [9.17, 15) is 5.11 Å². The summed E-state index contributed by atoms with van der Waals surface area (Å²) in [6.45, 7) is 6.42. The maximum Gasteiger partial charge on any atom is 0.0713 e. The van der Waals surface area contributed by atoms with Crippen molar-refractivity contribution in [2.24, 2.45) is 0 Å². The molecule has 1 spiro atoms. The molecule has 2 aliphatic heterocycles. The van der Waals surface area contributed by atoms with E-state index in [2.05, 4.69) is 30.5 Å². The van der Waals surface area contributed by atoms with Crippen LogP contribution in [0, 0.1) is 0 Å². The summed E-state index contributed by atoms with van der Waals surface area (Å²) in [6, 6.07) is 1.10. The van der Waals surface area contributed by atoms with Crippen molar-refractivity contribution in [2.45, 2.75) is 57.2 Å². The second-order valence-corrected chi connectivity index (χ2v) is 7.07. The highest BCUT2D eigenvalue weighted by molar-refractivity contribution is 7.99. The highest BCUT2D eigenvalue weighted by Crippen LogP contribution is 2.39. The lowest BCUT2D eigenvalue weighted by molar-refractivity contribution is -0.114. The van der Waals surface area contributed by atoms with E-state index in [-0.39, 0.29) is 12.2 Å². The van der Waals surface area contributed by atoms with Crippen molar-refractivity contribution in [3.05, 3.63) is 0 Å². The van der Waals surface area contributed by atoms with E-state index in [1.54, 1.807) is 0 Å². The van der Waals surface area contributed by atoms with Crippen LogP contribution in [0.4, 0.5) is 0 Å². The molecule has 18 heavy (non-hydrogen) atoms. The first kappa shape index (κ1) is 14.6. The zero-order chi connectivity index (χ0) is 13.0. The van der Waals surface area contributed by atoms with Crippen LogP contribution in [-0.4, -0.2) is 59.0 Å². The smallest absolute Gasteiger partial charge is 0.0713 e. The molecule has 0 radical (unpaired) electrons. The monoisotopic (exact) mass is 273 g/mol. The lowest BCUT2D eigenvalue weighted by Crippen LogP contribution is -2.52. The average molecular weight is 273 g/mol. The molecule has 3 nitrogen and oxygen atoms in total. The quantitative estimate of drug-likeness (QED) is 0.850. The van der Waals surface area contributed by atoms with Gasteiger partial charge in [-0.05, 0) is 51.0 Å². The van der Waals surface area contributed by atoms with Gasteiger partial charge in [0.2, 0.25) is 0 Å². The molecule has 0 aliphatic carbocycles. The van der Waals surface area contributed by atoms with Crippen molar-refractivity contribution in [1.82, 2.24) is 4.90 Å². The number of rotatable bonds is 4. The number of hydrogen-bond acceptors (Lipinski definition) is 4. The largest absolute Gasteiger partial charge is 0.395 e. The molecule has 0 saturated carbocycles. The second-order valence-electron chi connectivity index (χ2n) is 5.85. The summed E-state index contributed by atoms with van der Waals surface area (Å²) >= 11 is 2.06. The lowest BCUT2D eigenvalue weighted by atomic mass is 9.84. The summed E-state index contributed by atoms with van der Waals surface area (Å²) in [5.74, 6) is 2.49. The summed E-state index contributed by atoms with van der Waals surface area (Å²) in [5.41, 5.74) is 0.150. The molecule has 1 unspecified atom stereocenters. The van der Waals surface area contributed by atoms with Gasteiger partial charge in [0.1, 0.15) is 0 Å². The van der Waals surface area contributed by atoms with Gasteiger partial charge in [-0.15, -0.1) is 0 Å². The Morgan fingerprint density at radius 1 is 1.39 bits per heavy atom. The Hall–Kier alpha value is 0.230. The van der Waals surface area contributed by atoms with Gasteiger partial charge in [0, 0.05) is 25.2 Å². The summed E-state index contributed by atoms with van der Waals surface area (Å²) in [4.78, 5) is 2.46. The van der Waals surface area contributed by atoms with E-state index < -0.39 is 0 Å². The van der Waals surface area contributed by atoms with Crippen LogP contribution in [0.1, 0.15) is 39.5 Å². The van der Waals surface area contributed by atoms with Gasteiger partial charge in [-0.3, -0.25) is 4.90 Å². The van der Waals surface area contributed by atoms with Crippen LogP contribution in [0.2, 0.25) is 0 Å². The fourth-order valence-corrected chi connectivity index (χ4v) is 4.59. The molecule has 1 atom stereocenters. The summed E-state index contributed by atoms with van der Waals surface area (Å²) in [5, 5.41) is 9.24. The van der Waals surface area contributed by atoms with Crippen LogP contribution in [-0.2, 0) is 4.74 Å². The van der Waals surface area contributed by atoms with Crippen molar-refractivity contribution in [3.63, 3.8) is 0 Å². The first-order valence-corrected chi connectivity index (χ1v) is 8.41. The normalized spacial score (nSPS) is 28.2. The van der Waals surface area contributed by atoms with E-state index >= 15 is 0 Å². The van der Waals surface area contributed by atoms with Gasteiger partial charge in [0.15, 0.2) is 0 Å². The molecule has 0 aromatic heterocycles. The molecule has 0 amide bonds. The SMILES string of the molecule is CC(C)N(CCO)C1CCOC2(CCSCC2)C1. The van der Waals surface area contributed by atoms with E-state index in [4.69, 9.17) is 4.74 Å². The van der Waals surface area contributed by atoms with Crippen molar-refractivity contribution >= 4 is 11.8 Å². The Kier molecular flexibility index (Phi) is 5.36. The van der Waals surface area contributed by atoms with E-state index in [0.29, 0.717) is 12.1 Å². The van der Waals surface area contributed by atoms with Crippen LogP contribution >= 0.6 is 11.8 Å². The molecule has 106 valence electrons. The molecule has 2 saturated heterocycles. The lowest BCUT2D eigenvalue weighted by Gasteiger charge is -2.47. The standard InChI is InChI=1S/C14H27NO2S/c1-12(2)15(6-7-16)13-3-8-17-14(11-13)4-9-18-10-5-14/h12-13,16H,3-11H2,1-2H3. The zero-order valence-electron chi connectivity index (χ0n) is 11.7. The fraction of sp³-hybridized carbons (Fsp3) is 1.00. The van der Waals surface area contributed by atoms with Crippen LogP contribution < -0.4 is 0 Å². The van der Waals surface area contributed by atoms with Crippen molar-refractivity contribution in [2.75, 3.05) is 31.3 Å². The highest BCUT2D eigenvalue weighted by Gasteiger charge is 2.40. The third-order valence-corrected chi connectivity index (χ3v) is 5.35. The van der Waals surface area contributed by atoms with Crippen LogP contribution in [0.15, 0.2) is 0 Å². The Labute approximate surface area is 115 Å². The fourth-order valence-electron chi connectivity index (χ4n) is 3.35. The van der Waals surface area contributed by atoms with E-state index in [1.807, 2.05) is 0 Å². The Morgan fingerprint density at radius 2 is 2.11 bits per heavy atom. The van der Waals surface area contributed by atoms with Gasteiger partial charge in [-0.1, -0.05) is 0 Å². The minimum atomic E-state index is 0.150. The Balaban J connectivity index is 1.99. The van der Waals surface area contributed by atoms with Crippen molar-refractivity contribution in [1.29, 1.82) is 0 Å². The number of thioether (sulfide) groups is 1. The number of ether oxygens (including phenoxy) is 1. The third-order valence-electron chi connectivity index (χ3n) is 4.36. The van der Waals surface area contributed by atoms with Gasteiger partial charge in [0.25, 0.3) is 0 Å². The predicted molar refractivity (Wildman–Crippen MR) is 77.2 cm³/mol. The van der Waals surface area contributed by atoms with Crippen LogP contribution in [0.3, 0.4) is 0 Å². The van der Waals surface area contributed by atoms with E-state index in [0.717, 1.165) is 26.0 Å². The van der Waals surface area contributed by atoms with Gasteiger partial charge in [0.05, 0.1) is 12.2 Å². The molecule has 0 bridgehead atoms. The molecule has 2 fully saturated rings. The first-order valence-electron chi connectivity index (χ1n) is 7.25. The molecule has 2 heterocycles. The first-order chi connectivity index (χ1) is 8.67. The third kappa shape index (κ3) is 3.41. The topological polar surface area (TPSA) is 32.7 Å². The average Bonchev–Trinajstić information content (AvgIpc) is 2.36. The molecule has 0 aromatic rings. The van der Waals surface area contributed by atoms with Gasteiger partial charge in [-0.2, -0.15) is 11.8 Å². The summed E-state index contributed by atoms with van der Waals surface area (Å²) < 4.78 is 6.14. The van der Waals surface area contributed by atoms with Crippen LogP contribution in [0.5, 0.6) is 0 Å². The minimum absolute atomic E-state index is 0.150. The molecule has 1 N–H and O–H groups in total. The van der Waals surface area contributed by atoms with Crippen molar-refractivity contribution < 1.29 is 9.84 Å². The Bertz CT molecular complexity index is 249. The number of aliphatic hydroxyl groups excluding tert-OH is 1. The maximum atomic E-state index is 9.24. The number of aliphatic hydroxyl groups is 1. The molecular weight excluding hydrogens is 246 g/mol. The van der Waals surface area contributed by atoms with Gasteiger partial charge in [-0.25, -0.2) is 0 Å². The number of hydrogen-bond donors (Lipinski definition) is 1. The number of nitrogens with zero attached hydrogens (tertiary/aromatic N) is 1. The zero-order valence-corrected chi connectivity index (χ0v) is 12.5. The van der Waals surface area contributed by atoms with Gasteiger partial charge < -0.3 is 9.84 Å². The Morgan fingerprint density at radius 3 is 2.72 bits per heavy atom. The summed E-state index contributed by atoms with van der Waals surface area (Å²) in [6.07, 6.45) is 4.69. The van der Waals surface area contributed by atoms with E-state index in [1.165, 1.54) is 24.3 Å². The molecular formula is C14H27NO2S. The second kappa shape index (κ2) is 6.60. The minimum Gasteiger partial charge on any atom is -0.395 e. The van der Waals surface area contributed by atoms with Crippen LogP contribution in [0.25, 0.3) is 0 Å². The van der Waals surface area contributed by atoms with Gasteiger partial charge >= 0.3 is 0 Å². The summed E-state index contributed by atoms with van der Waals surface area (Å²) in [7, 11) is 0.